The molecule has 4 nitrogen and oxygen atoms in total. The minimum absolute atomic E-state index is 0.139. The van der Waals surface area contributed by atoms with Crippen LogP contribution in [0.1, 0.15) is 18.6 Å². The summed E-state index contributed by atoms with van der Waals surface area (Å²) < 4.78 is 44.4. The third-order valence-electron chi connectivity index (χ3n) is 2.48. The van der Waals surface area contributed by atoms with Crippen molar-refractivity contribution in [3.05, 3.63) is 29.8 Å². The number of halogens is 3. The number of benzene rings is 1. The van der Waals surface area contributed by atoms with Crippen LogP contribution in [0, 0.1) is 5.92 Å². The topological polar surface area (TPSA) is 55.8 Å². The molecule has 0 aliphatic carbocycles. The summed E-state index contributed by atoms with van der Waals surface area (Å²) in [5.41, 5.74) is 0.139. The second-order valence-electron chi connectivity index (χ2n) is 3.88. The number of carbonyl (C=O) groups is 1. The number of ether oxygens (including phenoxy) is 2. The molecule has 0 amide bonds. The first-order valence-electron chi connectivity index (χ1n) is 5.36. The van der Waals surface area contributed by atoms with Crippen molar-refractivity contribution in [2.75, 3.05) is 7.11 Å². The lowest BCUT2D eigenvalue weighted by Crippen LogP contribution is -2.21. The summed E-state index contributed by atoms with van der Waals surface area (Å²) in [6.07, 6.45) is -6.08. The van der Waals surface area contributed by atoms with E-state index in [0.29, 0.717) is 0 Å². The summed E-state index contributed by atoms with van der Waals surface area (Å²) in [6.45, 7) is 1.41. The highest BCUT2D eigenvalue weighted by Crippen LogP contribution is 2.28. The fraction of sp³-hybridized carbons (Fsp3) is 0.417. The number of hydrogen-bond acceptors (Lipinski definition) is 4. The Hall–Kier alpha value is -1.76. The number of methoxy groups -OCH3 is 1. The van der Waals surface area contributed by atoms with Crippen LogP contribution in [0.5, 0.6) is 5.75 Å². The summed E-state index contributed by atoms with van der Waals surface area (Å²) in [5, 5.41) is 9.88. The molecule has 0 saturated heterocycles. The number of aliphatic hydroxyl groups is 1. The molecule has 106 valence electrons. The molecular weight excluding hydrogens is 265 g/mol. The van der Waals surface area contributed by atoms with E-state index < -0.39 is 30.1 Å². The van der Waals surface area contributed by atoms with Gasteiger partial charge in [0.15, 0.2) is 0 Å². The summed E-state index contributed by atoms with van der Waals surface area (Å²) in [4.78, 5) is 11.2. The zero-order valence-corrected chi connectivity index (χ0v) is 10.3. The Balaban J connectivity index is 2.90. The molecule has 1 N–H and O–H groups in total. The number of alkyl halides is 3. The molecular formula is C12H13F3O4. The van der Waals surface area contributed by atoms with Gasteiger partial charge in [-0.3, -0.25) is 4.79 Å². The predicted octanol–water partition coefficient (Wildman–Crippen LogP) is 2.43. The van der Waals surface area contributed by atoms with Gasteiger partial charge in [0, 0.05) is 0 Å². The lowest BCUT2D eigenvalue weighted by Gasteiger charge is -2.18. The first kappa shape index (κ1) is 15.3. The number of carbonyl (C=O) groups excluding carboxylic acids is 1. The van der Waals surface area contributed by atoms with E-state index >= 15 is 0 Å². The SMILES string of the molecule is COC(=O)C(C)C(O)c1cccc(OC(F)(F)F)c1. The van der Waals surface area contributed by atoms with Crippen molar-refractivity contribution in [3.8, 4) is 5.75 Å². The summed E-state index contributed by atoms with van der Waals surface area (Å²) >= 11 is 0. The van der Waals surface area contributed by atoms with Gasteiger partial charge >= 0.3 is 12.3 Å². The van der Waals surface area contributed by atoms with Gasteiger partial charge < -0.3 is 14.6 Å². The molecule has 19 heavy (non-hydrogen) atoms. The molecule has 0 heterocycles. The minimum Gasteiger partial charge on any atom is -0.469 e. The van der Waals surface area contributed by atoms with Gasteiger partial charge in [0.25, 0.3) is 0 Å². The molecule has 1 aromatic carbocycles. The molecule has 0 fully saturated rings. The molecule has 0 aliphatic heterocycles. The molecule has 1 rings (SSSR count). The van der Waals surface area contributed by atoms with Gasteiger partial charge in [0.1, 0.15) is 5.75 Å². The van der Waals surface area contributed by atoms with E-state index in [0.717, 1.165) is 19.2 Å². The average Bonchev–Trinajstić information content (AvgIpc) is 2.34. The molecule has 0 bridgehead atoms. The van der Waals surface area contributed by atoms with Crippen molar-refractivity contribution in [1.29, 1.82) is 0 Å². The number of rotatable bonds is 4. The molecule has 0 radical (unpaired) electrons. The van der Waals surface area contributed by atoms with Gasteiger partial charge in [0.05, 0.1) is 19.1 Å². The average molecular weight is 278 g/mol. The highest BCUT2D eigenvalue weighted by atomic mass is 19.4. The first-order valence-corrected chi connectivity index (χ1v) is 5.36. The monoisotopic (exact) mass is 278 g/mol. The lowest BCUT2D eigenvalue weighted by atomic mass is 9.97. The van der Waals surface area contributed by atoms with E-state index in [1.807, 2.05) is 0 Å². The van der Waals surface area contributed by atoms with Gasteiger partial charge in [-0.1, -0.05) is 12.1 Å². The normalized spacial score (nSPS) is 14.6. The van der Waals surface area contributed by atoms with Crippen molar-refractivity contribution < 1.29 is 32.5 Å². The van der Waals surface area contributed by atoms with Gasteiger partial charge in [-0.2, -0.15) is 0 Å². The van der Waals surface area contributed by atoms with Gasteiger partial charge in [-0.05, 0) is 24.6 Å². The van der Waals surface area contributed by atoms with Gasteiger partial charge in [0.2, 0.25) is 0 Å². The quantitative estimate of drug-likeness (QED) is 0.859. The highest BCUT2D eigenvalue weighted by Gasteiger charge is 2.31. The van der Waals surface area contributed by atoms with Crippen LogP contribution < -0.4 is 4.74 Å². The van der Waals surface area contributed by atoms with E-state index in [1.54, 1.807) is 0 Å². The third-order valence-corrected chi connectivity index (χ3v) is 2.48. The van der Waals surface area contributed by atoms with Gasteiger partial charge in [-0.15, -0.1) is 13.2 Å². The molecule has 7 heteroatoms. The summed E-state index contributed by atoms with van der Waals surface area (Å²) in [5.74, 6) is -2.01. The Morgan fingerprint density at radius 1 is 1.37 bits per heavy atom. The zero-order valence-electron chi connectivity index (χ0n) is 10.3. The van der Waals surface area contributed by atoms with E-state index in [-0.39, 0.29) is 5.56 Å². The summed E-state index contributed by atoms with van der Waals surface area (Å²) in [6, 6.07) is 4.82. The Labute approximate surface area is 107 Å². The van der Waals surface area contributed by atoms with E-state index in [2.05, 4.69) is 9.47 Å². The van der Waals surface area contributed by atoms with Crippen LogP contribution in [0.25, 0.3) is 0 Å². The van der Waals surface area contributed by atoms with E-state index in [9.17, 15) is 23.1 Å². The second kappa shape index (κ2) is 5.92. The van der Waals surface area contributed by atoms with Gasteiger partial charge in [-0.25, -0.2) is 0 Å². The smallest absolute Gasteiger partial charge is 0.469 e. The maximum absolute atomic E-state index is 12.1. The molecule has 2 unspecified atom stereocenters. The number of aliphatic hydroxyl groups excluding tert-OH is 1. The maximum Gasteiger partial charge on any atom is 0.573 e. The Kier molecular flexibility index (Phi) is 4.77. The molecule has 0 aliphatic rings. The molecule has 2 atom stereocenters. The van der Waals surface area contributed by atoms with E-state index in [1.165, 1.54) is 19.1 Å². The lowest BCUT2D eigenvalue weighted by molar-refractivity contribution is -0.274. The van der Waals surface area contributed by atoms with Crippen LogP contribution in [-0.4, -0.2) is 24.5 Å². The Morgan fingerprint density at radius 2 is 2.00 bits per heavy atom. The van der Waals surface area contributed by atoms with E-state index in [4.69, 9.17) is 0 Å². The van der Waals surface area contributed by atoms with Crippen LogP contribution in [0.2, 0.25) is 0 Å². The van der Waals surface area contributed by atoms with Crippen LogP contribution in [0.4, 0.5) is 13.2 Å². The van der Waals surface area contributed by atoms with Crippen LogP contribution in [0.15, 0.2) is 24.3 Å². The Bertz CT molecular complexity index is 445. The molecule has 1 aromatic rings. The highest BCUT2D eigenvalue weighted by molar-refractivity contribution is 5.72. The third kappa shape index (κ3) is 4.44. The fourth-order valence-electron chi connectivity index (χ4n) is 1.50. The molecule has 0 saturated carbocycles. The van der Waals surface area contributed by atoms with Crippen molar-refractivity contribution in [1.82, 2.24) is 0 Å². The number of hydrogen-bond donors (Lipinski definition) is 1. The van der Waals surface area contributed by atoms with Crippen molar-refractivity contribution in [3.63, 3.8) is 0 Å². The fourth-order valence-corrected chi connectivity index (χ4v) is 1.50. The molecule has 0 aromatic heterocycles. The molecule has 0 spiro atoms. The Morgan fingerprint density at radius 3 is 2.53 bits per heavy atom. The summed E-state index contributed by atoms with van der Waals surface area (Å²) in [7, 11) is 1.16. The van der Waals surface area contributed by atoms with Crippen molar-refractivity contribution >= 4 is 5.97 Å². The second-order valence-corrected chi connectivity index (χ2v) is 3.88. The largest absolute Gasteiger partial charge is 0.573 e. The first-order chi connectivity index (χ1) is 8.74. The maximum atomic E-state index is 12.1. The van der Waals surface area contributed by atoms with Crippen molar-refractivity contribution in [2.24, 2.45) is 5.92 Å². The standard InChI is InChI=1S/C12H13F3O4/c1-7(11(17)18-2)10(16)8-4-3-5-9(6-8)19-12(13,14)15/h3-7,10,16H,1-2H3. The number of esters is 1. The zero-order chi connectivity index (χ0) is 14.6. The van der Waals surface area contributed by atoms with Crippen LogP contribution in [-0.2, 0) is 9.53 Å². The minimum atomic E-state index is -4.81. The predicted molar refractivity (Wildman–Crippen MR) is 59.3 cm³/mol. The van der Waals surface area contributed by atoms with Crippen molar-refractivity contribution in [2.45, 2.75) is 19.4 Å². The van der Waals surface area contributed by atoms with Crippen LogP contribution >= 0.6 is 0 Å². The van der Waals surface area contributed by atoms with Crippen LogP contribution in [0.3, 0.4) is 0 Å².